The first kappa shape index (κ1) is 30.8. The maximum atomic E-state index is 11.7. The van der Waals surface area contributed by atoms with Crippen molar-refractivity contribution in [3.8, 4) is 10.6 Å². The Balaban J connectivity index is 0.000000271. The average Bonchev–Trinajstić information content (AvgIpc) is 3.30. The fraction of sp³-hybridized carbons (Fsp3) is 0.387. The van der Waals surface area contributed by atoms with Gasteiger partial charge in [-0.3, -0.25) is 9.78 Å². The van der Waals surface area contributed by atoms with E-state index in [4.69, 9.17) is 0 Å². The van der Waals surface area contributed by atoms with Gasteiger partial charge in [-0.15, -0.1) is 23.6 Å². The third-order valence-electron chi connectivity index (χ3n) is 6.90. The molecule has 4 rings (SSSR count). The summed E-state index contributed by atoms with van der Waals surface area (Å²) in [5.41, 5.74) is 4.49. The van der Waals surface area contributed by atoms with Gasteiger partial charge in [0.05, 0.1) is 11.3 Å². The smallest absolute Gasteiger partial charge is 0.162 e. The van der Waals surface area contributed by atoms with Crippen molar-refractivity contribution in [3.05, 3.63) is 71.8 Å². The van der Waals surface area contributed by atoms with Gasteiger partial charge in [-0.05, 0) is 71.7 Å². The van der Waals surface area contributed by atoms with Crippen molar-refractivity contribution in [1.82, 2.24) is 9.97 Å². The second kappa shape index (κ2) is 14.5. The van der Waals surface area contributed by atoms with Crippen LogP contribution in [0.2, 0.25) is 0 Å². The minimum Gasteiger partial charge on any atom is -0.512 e. The van der Waals surface area contributed by atoms with Crippen molar-refractivity contribution >= 4 is 38.1 Å². The first-order valence-corrected chi connectivity index (χ1v) is 13.7. The predicted molar refractivity (Wildman–Crippen MR) is 153 cm³/mol. The molecule has 0 saturated carbocycles. The number of hydrogen-bond acceptors (Lipinski definition) is 5. The molecule has 6 heteroatoms. The van der Waals surface area contributed by atoms with Crippen molar-refractivity contribution in [2.24, 2.45) is 11.8 Å². The van der Waals surface area contributed by atoms with Crippen LogP contribution in [0.3, 0.4) is 0 Å². The van der Waals surface area contributed by atoms with E-state index in [1.807, 2.05) is 33.8 Å². The predicted octanol–water partition coefficient (Wildman–Crippen LogP) is 8.80. The van der Waals surface area contributed by atoms with Crippen LogP contribution in [-0.4, -0.2) is 20.9 Å². The zero-order valence-corrected chi connectivity index (χ0v) is 25.8. The number of nitrogens with zero attached hydrogens (tertiary/aromatic N) is 2. The Morgan fingerprint density at radius 1 is 0.973 bits per heavy atom. The Morgan fingerprint density at radius 3 is 2.22 bits per heavy atom. The van der Waals surface area contributed by atoms with Crippen LogP contribution >= 0.6 is 11.3 Å². The van der Waals surface area contributed by atoms with E-state index in [0.717, 1.165) is 52.5 Å². The Kier molecular flexibility index (Phi) is 12.1. The van der Waals surface area contributed by atoms with Crippen LogP contribution in [0.15, 0.2) is 54.6 Å². The number of rotatable bonds is 8. The van der Waals surface area contributed by atoms with E-state index < -0.39 is 0 Å². The molecule has 0 unspecified atom stereocenters. The molecule has 4 nitrogen and oxygen atoms in total. The summed E-state index contributed by atoms with van der Waals surface area (Å²) in [4.78, 5) is 21.7. The van der Waals surface area contributed by atoms with Crippen LogP contribution in [0.5, 0.6) is 0 Å². The van der Waals surface area contributed by atoms with Crippen molar-refractivity contribution in [2.45, 2.75) is 67.2 Å². The molecule has 0 fully saturated rings. The average molecular weight is 694 g/mol. The maximum Gasteiger partial charge on any atom is 0.162 e. The molecule has 0 saturated heterocycles. The molecule has 4 aromatic rings. The van der Waals surface area contributed by atoms with E-state index in [-0.39, 0.29) is 43.5 Å². The molecule has 0 aliphatic heterocycles. The molecule has 1 radical (unpaired) electrons. The number of aliphatic hydroxyl groups is 1. The zero-order valence-electron chi connectivity index (χ0n) is 22.6. The Morgan fingerprint density at radius 2 is 1.59 bits per heavy atom. The van der Waals surface area contributed by atoms with Crippen molar-refractivity contribution in [3.63, 3.8) is 0 Å². The second-order valence-corrected chi connectivity index (χ2v) is 10.3. The molecule has 0 amide bonds. The van der Waals surface area contributed by atoms with E-state index in [1.165, 1.54) is 21.9 Å². The quantitative estimate of drug-likeness (QED) is 0.114. The topological polar surface area (TPSA) is 63.1 Å². The van der Waals surface area contributed by atoms with E-state index in [9.17, 15) is 9.90 Å². The van der Waals surface area contributed by atoms with Crippen LogP contribution in [0.25, 0.3) is 31.6 Å². The number of hydrogen-bond donors (Lipinski definition) is 1. The minimum atomic E-state index is 0. The van der Waals surface area contributed by atoms with Gasteiger partial charge in [0.1, 0.15) is 6.33 Å². The summed E-state index contributed by atoms with van der Waals surface area (Å²) in [6.07, 6.45) is 6.55. The molecular weight excluding hydrogens is 657 g/mol. The third-order valence-corrected chi connectivity index (χ3v) is 7.97. The number of fused-ring (bicyclic) bond motifs is 2. The van der Waals surface area contributed by atoms with Gasteiger partial charge < -0.3 is 5.11 Å². The Bertz CT molecular complexity index is 1320. The number of benzene rings is 2. The van der Waals surface area contributed by atoms with Crippen molar-refractivity contribution in [1.29, 1.82) is 0 Å². The van der Waals surface area contributed by atoms with Gasteiger partial charge in [-0.25, -0.2) is 16.3 Å². The SMILES string of the molecule is CCC(CC)C(=O)C=C(O)C(CC)CC.Cc1cc2ncnc(-c3[c-]c4ccccc4s3)c2cc1C.[Ir]. The van der Waals surface area contributed by atoms with Gasteiger partial charge in [0.2, 0.25) is 0 Å². The standard InChI is InChI=1S/C18H13N2S.C13H24O2.Ir/c1-11-7-14-15(8-12(11)2)19-10-20-18(14)17-9-13-5-3-4-6-16(13)21-17;1-5-10(6-2)12(14)9-13(15)11(7-3)8-4;/h3-8,10H,1-2H3;9-11,14H,5-8H2,1-4H3;/q-1;;. The van der Waals surface area contributed by atoms with Crippen LogP contribution in [0, 0.1) is 31.7 Å². The molecule has 0 spiro atoms. The van der Waals surface area contributed by atoms with E-state index in [0.29, 0.717) is 0 Å². The molecule has 0 aliphatic carbocycles. The number of thiophene rings is 1. The number of carbonyl (C=O) groups excluding carboxylic acids is 1. The van der Waals surface area contributed by atoms with Gasteiger partial charge in [-0.2, -0.15) is 0 Å². The number of ketones is 1. The fourth-order valence-corrected chi connectivity index (χ4v) is 5.32. The summed E-state index contributed by atoms with van der Waals surface area (Å²) in [5.74, 6) is 0.547. The van der Waals surface area contributed by atoms with Crippen LogP contribution in [0.1, 0.15) is 64.5 Å². The van der Waals surface area contributed by atoms with Gasteiger partial charge in [-0.1, -0.05) is 45.9 Å². The summed E-state index contributed by atoms with van der Waals surface area (Å²) < 4.78 is 1.24. The second-order valence-electron chi connectivity index (χ2n) is 9.23. The molecular formula is C31H37IrN2O2S-. The molecule has 37 heavy (non-hydrogen) atoms. The molecule has 0 bridgehead atoms. The monoisotopic (exact) mass is 694 g/mol. The molecule has 199 valence electrons. The van der Waals surface area contributed by atoms with Crippen LogP contribution in [0.4, 0.5) is 0 Å². The van der Waals surface area contributed by atoms with Gasteiger partial charge in [0.15, 0.2) is 5.78 Å². The molecule has 2 aromatic heterocycles. The minimum absolute atomic E-state index is 0. The largest absolute Gasteiger partial charge is 0.512 e. The molecule has 1 N–H and O–H groups in total. The fourth-order valence-electron chi connectivity index (χ4n) is 4.30. The zero-order chi connectivity index (χ0) is 26.2. The first-order chi connectivity index (χ1) is 17.3. The molecule has 2 aromatic carbocycles. The Labute approximate surface area is 238 Å². The normalized spacial score (nSPS) is 11.5. The summed E-state index contributed by atoms with van der Waals surface area (Å²) >= 11 is 1.73. The first-order valence-electron chi connectivity index (χ1n) is 12.9. The summed E-state index contributed by atoms with van der Waals surface area (Å²) in [6, 6.07) is 16.1. The molecule has 0 atom stereocenters. The van der Waals surface area contributed by atoms with Gasteiger partial charge >= 0.3 is 0 Å². The number of aliphatic hydroxyl groups excluding tert-OH is 1. The summed E-state index contributed by atoms with van der Waals surface area (Å²) in [6.45, 7) is 12.3. The van der Waals surface area contributed by atoms with Gasteiger partial charge in [0.25, 0.3) is 0 Å². The number of aryl methyl sites for hydroxylation is 2. The maximum absolute atomic E-state index is 11.7. The Hall–Kier alpha value is -2.40. The van der Waals surface area contributed by atoms with E-state index in [1.54, 1.807) is 17.7 Å². The summed E-state index contributed by atoms with van der Waals surface area (Å²) in [7, 11) is 0. The number of carbonyl (C=O) groups is 1. The molecule has 2 heterocycles. The number of aromatic nitrogens is 2. The van der Waals surface area contributed by atoms with E-state index >= 15 is 0 Å². The van der Waals surface area contributed by atoms with E-state index in [2.05, 4.69) is 60.2 Å². The van der Waals surface area contributed by atoms with Crippen LogP contribution in [-0.2, 0) is 24.9 Å². The summed E-state index contributed by atoms with van der Waals surface area (Å²) in [5, 5.41) is 12.0. The van der Waals surface area contributed by atoms with Crippen molar-refractivity contribution in [2.75, 3.05) is 0 Å². The van der Waals surface area contributed by atoms with Crippen LogP contribution < -0.4 is 0 Å². The molecule has 0 aliphatic rings. The number of allylic oxidation sites excluding steroid dienone is 2. The third kappa shape index (κ3) is 7.56. The van der Waals surface area contributed by atoms with Gasteiger partial charge in [0, 0.05) is 43.7 Å². The van der Waals surface area contributed by atoms with Crippen molar-refractivity contribution < 1.29 is 30.0 Å².